The second kappa shape index (κ2) is 6.45. The Morgan fingerprint density at radius 1 is 0.963 bits per heavy atom. The van der Waals surface area contributed by atoms with Crippen LogP contribution in [0.1, 0.15) is 43.7 Å². The van der Waals surface area contributed by atoms with Crippen LogP contribution in [0.4, 0.5) is 5.69 Å². The normalized spacial score (nSPS) is 26.8. The van der Waals surface area contributed by atoms with Gasteiger partial charge in [-0.05, 0) is 55.7 Å². The molecule has 27 heavy (non-hydrogen) atoms. The maximum Gasteiger partial charge on any atom is 0.228 e. The van der Waals surface area contributed by atoms with Crippen molar-refractivity contribution in [2.24, 2.45) is 11.3 Å². The highest BCUT2D eigenvalue weighted by Gasteiger charge is 2.58. The minimum atomic E-state index is 0.167. The third-order valence-corrected chi connectivity index (χ3v) is 6.49. The molecule has 4 heteroatoms. The number of fused-ring (bicyclic) bond motifs is 1. The summed E-state index contributed by atoms with van der Waals surface area (Å²) in [6.45, 7) is 0. The predicted octanol–water partition coefficient (Wildman–Crippen LogP) is 4.93. The van der Waals surface area contributed by atoms with E-state index in [2.05, 4.69) is 33.5 Å². The number of benzene rings is 2. The van der Waals surface area contributed by atoms with E-state index in [9.17, 15) is 4.79 Å². The van der Waals surface area contributed by atoms with Gasteiger partial charge >= 0.3 is 0 Å². The number of carbonyl (C=O) groups is 1. The SMILES string of the molecule is O=C(Nc1ccccc1)C1CC12CCC(c1ncnc3ccccc13)CC2. The van der Waals surface area contributed by atoms with Crippen LogP contribution in [0, 0.1) is 11.3 Å². The molecule has 2 saturated carbocycles. The minimum absolute atomic E-state index is 0.167. The Bertz CT molecular complexity index is 972. The van der Waals surface area contributed by atoms with E-state index in [-0.39, 0.29) is 17.2 Å². The van der Waals surface area contributed by atoms with Crippen molar-refractivity contribution in [2.45, 2.75) is 38.0 Å². The number of hydrogen-bond donors (Lipinski definition) is 1. The molecule has 1 amide bonds. The van der Waals surface area contributed by atoms with Crippen LogP contribution in [0.3, 0.4) is 0 Å². The van der Waals surface area contributed by atoms with E-state index >= 15 is 0 Å². The molecule has 4 nitrogen and oxygen atoms in total. The lowest BCUT2D eigenvalue weighted by Gasteiger charge is -2.29. The molecule has 1 aromatic heterocycles. The third kappa shape index (κ3) is 2.99. The van der Waals surface area contributed by atoms with Crippen molar-refractivity contribution in [3.05, 3.63) is 66.6 Å². The number of aromatic nitrogens is 2. The number of anilines is 1. The smallest absolute Gasteiger partial charge is 0.228 e. The third-order valence-electron chi connectivity index (χ3n) is 6.49. The Labute approximate surface area is 159 Å². The summed E-state index contributed by atoms with van der Waals surface area (Å²) in [6, 6.07) is 18.0. The molecular formula is C23H23N3O. The zero-order chi connectivity index (χ0) is 18.3. The Morgan fingerprint density at radius 2 is 1.70 bits per heavy atom. The molecule has 5 rings (SSSR count). The Hall–Kier alpha value is -2.75. The largest absolute Gasteiger partial charge is 0.326 e. The maximum atomic E-state index is 12.6. The molecular weight excluding hydrogens is 334 g/mol. The topological polar surface area (TPSA) is 54.9 Å². The fourth-order valence-corrected chi connectivity index (χ4v) is 4.84. The highest BCUT2D eigenvalue weighted by Crippen LogP contribution is 2.63. The lowest BCUT2D eigenvalue weighted by atomic mass is 9.76. The average Bonchev–Trinajstić information content (AvgIpc) is 3.42. The molecule has 2 aliphatic rings. The minimum Gasteiger partial charge on any atom is -0.326 e. The molecule has 0 saturated heterocycles. The Kier molecular flexibility index (Phi) is 3.92. The van der Waals surface area contributed by atoms with E-state index in [0.717, 1.165) is 43.3 Å². The van der Waals surface area contributed by atoms with Gasteiger partial charge in [0.2, 0.25) is 5.91 Å². The summed E-state index contributed by atoms with van der Waals surface area (Å²) in [5, 5.41) is 4.26. The second-order valence-electron chi connectivity index (χ2n) is 8.02. The zero-order valence-electron chi connectivity index (χ0n) is 15.3. The number of rotatable bonds is 3. The van der Waals surface area contributed by atoms with E-state index in [1.165, 1.54) is 11.1 Å². The molecule has 1 atom stereocenters. The summed E-state index contributed by atoms with van der Waals surface area (Å²) in [5.74, 6) is 0.829. The van der Waals surface area contributed by atoms with Crippen molar-refractivity contribution in [1.82, 2.24) is 9.97 Å². The lowest BCUT2D eigenvalue weighted by molar-refractivity contribution is -0.118. The van der Waals surface area contributed by atoms with Gasteiger partial charge in [0, 0.05) is 22.9 Å². The van der Waals surface area contributed by atoms with Crippen LogP contribution in [0.15, 0.2) is 60.9 Å². The molecule has 2 aromatic carbocycles. The van der Waals surface area contributed by atoms with Crippen molar-refractivity contribution in [2.75, 3.05) is 5.32 Å². The van der Waals surface area contributed by atoms with Crippen LogP contribution in [0.5, 0.6) is 0 Å². The van der Waals surface area contributed by atoms with Gasteiger partial charge in [0.1, 0.15) is 6.33 Å². The van der Waals surface area contributed by atoms with Crippen LogP contribution < -0.4 is 5.32 Å². The standard InChI is InChI=1S/C23H23N3O/c27-22(26-17-6-2-1-3-7-17)19-14-23(19)12-10-16(11-13-23)21-18-8-4-5-9-20(18)24-15-25-21/h1-9,15-16,19H,10-14H2,(H,26,27). The second-order valence-corrected chi connectivity index (χ2v) is 8.02. The van der Waals surface area contributed by atoms with Crippen LogP contribution in [-0.2, 0) is 4.79 Å². The van der Waals surface area contributed by atoms with Gasteiger partial charge in [0.15, 0.2) is 0 Å². The van der Waals surface area contributed by atoms with E-state index in [0.29, 0.717) is 5.92 Å². The first-order chi connectivity index (χ1) is 13.3. The van der Waals surface area contributed by atoms with Gasteiger partial charge in [0.05, 0.1) is 11.2 Å². The van der Waals surface area contributed by atoms with Gasteiger partial charge in [-0.25, -0.2) is 9.97 Å². The molecule has 2 fully saturated rings. The van der Waals surface area contributed by atoms with Gasteiger partial charge in [0.25, 0.3) is 0 Å². The Balaban J connectivity index is 1.26. The summed E-state index contributed by atoms with van der Waals surface area (Å²) >= 11 is 0. The molecule has 0 bridgehead atoms. The number of nitrogens with zero attached hydrogens (tertiary/aromatic N) is 2. The van der Waals surface area contributed by atoms with Crippen molar-refractivity contribution >= 4 is 22.5 Å². The van der Waals surface area contributed by atoms with Gasteiger partial charge in [-0.2, -0.15) is 0 Å². The highest BCUT2D eigenvalue weighted by atomic mass is 16.2. The average molecular weight is 357 g/mol. The fourth-order valence-electron chi connectivity index (χ4n) is 4.84. The first-order valence-electron chi connectivity index (χ1n) is 9.81. The number of carbonyl (C=O) groups excluding carboxylic acids is 1. The molecule has 136 valence electrons. The van der Waals surface area contributed by atoms with Gasteiger partial charge in [-0.1, -0.05) is 36.4 Å². The molecule has 1 heterocycles. The monoisotopic (exact) mass is 357 g/mol. The maximum absolute atomic E-state index is 12.6. The van der Waals surface area contributed by atoms with Crippen molar-refractivity contribution in [3.63, 3.8) is 0 Å². The molecule has 1 spiro atoms. The van der Waals surface area contributed by atoms with Crippen molar-refractivity contribution < 1.29 is 4.79 Å². The van der Waals surface area contributed by atoms with Crippen molar-refractivity contribution in [1.29, 1.82) is 0 Å². The zero-order valence-corrected chi connectivity index (χ0v) is 15.3. The number of nitrogens with one attached hydrogen (secondary N) is 1. The molecule has 1 unspecified atom stereocenters. The molecule has 3 aromatic rings. The van der Waals surface area contributed by atoms with Crippen LogP contribution in [-0.4, -0.2) is 15.9 Å². The van der Waals surface area contributed by atoms with Gasteiger partial charge in [-0.15, -0.1) is 0 Å². The number of para-hydroxylation sites is 2. The summed E-state index contributed by atoms with van der Waals surface area (Å²) in [5.41, 5.74) is 3.32. The number of hydrogen-bond acceptors (Lipinski definition) is 3. The fraction of sp³-hybridized carbons (Fsp3) is 0.348. The highest BCUT2D eigenvalue weighted by molar-refractivity contribution is 5.95. The molecule has 1 N–H and O–H groups in total. The summed E-state index contributed by atoms with van der Waals surface area (Å²) in [4.78, 5) is 21.6. The lowest BCUT2D eigenvalue weighted by Crippen LogP contribution is -2.22. The van der Waals surface area contributed by atoms with Crippen LogP contribution >= 0.6 is 0 Å². The van der Waals surface area contributed by atoms with Crippen LogP contribution in [0.25, 0.3) is 10.9 Å². The van der Waals surface area contributed by atoms with E-state index in [1.54, 1.807) is 6.33 Å². The van der Waals surface area contributed by atoms with E-state index in [4.69, 9.17) is 0 Å². The summed E-state index contributed by atoms with van der Waals surface area (Å²) < 4.78 is 0. The van der Waals surface area contributed by atoms with Crippen molar-refractivity contribution in [3.8, 4) is 0 Å². The van der Waals surface area contributed by atoms with Gasteiger partial charge < -0.3 is 5.32 Å². The van der Waals surface area contributed by atoms with E-state index in [1.807, 2.05) is 36.4 Å². The first kappa shape index (κ1) is 16.4. The Morgan fingerprint density at radius 3 is 2.52 bits per heavy atom. The molecule has 2 aliphatic carbocycles. The van der Waals surface area contributed by atoms with E-state index < -0.39 is 0 Å². The molecule has 0 aliphatic heterocycles. The quantitative estimate of drug-likeness (QED) is 0.723. The van der Waals surface area contributed by atoms with Gasteiger partial charge in [-0.3, -0.25) is 4.79 Å². The van der Waals surface area contributed by atoms with Crippen LogP contribution in [0.2, 0.25) is 0 Å². The molecule has 0 radical (unpaired) electrons. The summed E-state index contributed by atoms with van der Waals surface area (Å²) in [7, 11) is 0. The predicted molar refractivity (Wildman–Crippen MR) is 106 cm³/mol. The number of amides is 1. The first-order valence-corrected chi connectivity index (χ1v) is 9.81. The summed E-state index contributed by atoms with van der Waals surface area (Å²) in [6.07, 6.45) is 7.16.